The average Bonchev–Trinajstić information content (AvgIpc) is 3.64. The molecule has 4 aromatic rings. The van der Waals surface area contributed by atoms with Crippen LogP contribution in [0.4, 0.5) is 26.3 Å². The van der Waals surface area contributed by atoms with E-state index in [1.54, 1.807) is 6.08 Å². The van der Waals surface area contributed by atoms with Crippen LogP contribution in [0.2, 0.25) is 0 Å². The lowest BCUT2D eigenvalue weighted by molar-refractivity contribution is -0.137. The molecule has 1 saturated carbocycles. The third-order valence-corrected chi connectivity index (χ3v) is 9.88. The maximum atomic E-state index is 14.2. The number of allylic oxidation sites excluding steroid dienone is 1. The highest BCUT2D eigenvalue weighted by atomic mass is 32.2. The van der Waals surface area contributed by atoms with Crippen LogP contribution < -0.4 is 0 Å². The van der Waals surface area contributed by atoms with Gasteiger partial charge in [-0.15, -0.1) is 9.90 Å². The van der Waals surface area contributed by atoms with Gasteiger partial charge in [-0.1, -0.05) is 5.57 Å². The van der Waals surface area contributed by atoms with Crippen LogP contribution in [0, 0.1) is 11.2 Å². The van der Waals surface area contributed by atoms with Crippen molar-refractivity contribution in [1.29, 1.82) is 0 Å². The summed E-state index contributed by atoms with van der Waals surface area (Å²) in [6.45, 7) is -3.18. The van der Waals surface area contributed by atoms with Gasteiger partial charge in [0.25, 0.3) is 0 Å². The summed E-state index contributed by atoms with van der Waals surface area (Å²) in [7, 11) is -4.39. The van der Waals surface area contributed by atoms with E-state index in [2.05, 4.69) is 20.3 Å². The van der Waals surface area contributed by atoms with Gasteiger partial charge in [-0.3, -0.25) is 9.78 Å². The summed E-state index contributed by atoms with van der Waals surface area (Å²) in [5, 5.41) is 9.06. The molecule has 0 unspecified atom stereocenters. The number of Topliss-reactive ketones (excluding diaryl/α,β-unsaturated/α-hetero) is 1. The van der Waals surface area contributed by atoms with Crippen LogP contribution in [0.25, 0.3) is 11.8 Å². The highest BCUT2D eigenvalue weighted by Crippen LogP contribution is 2.52. The number of alkyl halides is 5. The highest BCUT2D eigenvalue weighted by molar-refractivity contribution is 7.92. The molecule has 0 spiro atoms. The summed E-state index contributed by atoms with van der Waals surface area (Å²) >= 11 is 0. The molecule has 0 radical (unpaired) electrons. The number of ketones is 1. The number of carbonyl (C=O) groups excluding carboxylic acids is 1. The third kappa shape index (κ3) is 4.92. The molecule has 2 aliphatic carbocycles. The van der Waals surface area contributed by atoms with E-state index in [1.807, 2.05) is 0 Å². The molecule has 2 aliphatic rings. The number of hydrogen-bond donors (Lipinski definition) is 0. The topological polar surface area (TPSA) is 113 Å². The molecule has 16 heteroatoms. The molecule has 0 amide bonds. The summed E-state index contributed by atoms with van der Waals surface area (Å²) in [5.41, 5.74) is -1.24. The van der Waals surface area contributed by atoms with Crippen molar-refractivity contribution in [2.24, 2.45) is 5.41 Å². The zero-order chi connectivity index (χ0) is 30.7. The molecule has 1 aromatic carbocycles. The fourth-order valence-corrected chi connectivity index (χ4v) is 7.41. The molecule has 3 heterocycles. The second-order valence-corrected chi connectivity index (χ2v) is 12.5. The lowest BCUT2D eigenvalue weighted by atomic mass is 9.61. The smallest absolute Gasteiger partial charge is 0.291 e. The van der Waals surface area contributed by atoms with Gasteiger partial charge < -0.3 is 0 Å². The van der Waals surface area contributed by atoms with E-state index in [-0.39, 0.29) is 30.5 Å². The summed E-state index contributed by atoms with van der Waals surface area (Å²) in [4.78, 5) is 18.1. The first kappa shape index (κ1) is 28.8. The minimum atomic E-state index is -4.76. The van der Waals surface area contributed by atoms with E-state index in [1.165, 1.54) is 35.1 Å². The summed E-state index contributed by atoms with van der Waals surface area (Å²) < 4.78 is 109. The monoisotopic (exact) mass is 622 g/mol. The molecule has 0 saturated heterocycles. The van der Waals surface area contributed by atoms with Crippen LogP contribution >= 0.6 is 0 Å². The third-order valence-electron chi connectivity index (χ3n) is 7.83. The second kappa shape index (κ2) is 10.1. The van der Waals surface area contributed by atoms with E-state index in [4.69, 9.17) is 0 Å². The number of aromatic nitrogens is 6. The van der Waals surface area contributed by atoms with Gasteiger partial charge in [0.1, 0.15) is 11.5 Å². The van der Waals surface area contributed by atoms with Gasteiger partial charge in [0.2, 0.25) is 9.84 Å². The van der Waals surface area contributed by atoms with Crippen molar-refractivity contribution in [2.75, 3.05) is 0 Å². The van der Waals surface area contributed by atoms with Gasteiger partial charge in [0.05, 0.1) is 40.0 Å². The molecule has 2 atom stereocenters. The largest absolute Gasteiger partial charge is 0.416 e. The SMILES string of the molecule is O=C(c1cc(C(F)(F)F)ccn1)[C@]12Cc3cnn(-c4ccc(F)cc4)c3C=C1CC[C@H](S(=O)(=O)c1cnn(C(F)F)n1)C2. The Kier molecular flexibility index (Phi) is 6.78. The number of halogens is 6. The number of nitrogens with zero attached hydrogens (tertiary/aromatic N) is 6. The van der Waals surface area contributed by atoms with Gasteiger partial charge in [-0.25, -0.2) is 17.5 Å². The number of sulfone groups is 1. The Balaban J connectivity index is 1.45. The minimum absolute atomic E-state index is 0.0270. The van der Waals surface area contributed by atoms with Crippen molar-refractivity contribution in [3.8, 4) is 5.69 Å². The predicted molar refractivity (Wildman–Crippen MR) is 137 cm³/mol. The van der Waals surface area contributed by atoms with Crippen LogP contribution in [-0.2, 0) is 22.4 Å². The first-order valence-electron chi connectivity index (χ1n) is 12.9. The van der Waals surface area contributed by atoms with Crippen molar-refractivity contribution >= 4 is 21.7 Å². The zero-order valence-corrected chi connectivity index (χ0v) is 22.7. The van der Waals surface area contributed by atoms with Gasteiger partial charge in [-0.05, 0) is 73.7 Å². The maximum absolute atomic E-state index is 14.2. The van der Waals surface area contributed by atoms with Crippen LogP contribution in [0.3, 0.4) is 0 Å². The van der Waals surface area contributed by atoms with E-state index in [0.29, 0.717) is 34.8 Å². The Morgan fingerprint density at radius 3 is 2.49 bits per heavy atom. The maximum Gasteiger partial charge on any atom is 0.416 e. The zero-order valence-electron chi connectivity index (χ0n) is 21.8. The van der Waals surface area contributed by atoms with Crippen molar-refractivity contribution in [3.63, 3.8) is 0 Å². The number of pyridine rings is 1. The molecule has 43 heavy (non-hydrogen) atoms. The predicted octanol–water partition coefficient (Wildman–Crippen LogP) is 5.25. The number of benzene rings is 1. The van der Waals surface area contributed by atoms with Crippen molar-refractivity contribution < 1.29 is 39.6 Å². The molecular formula is C27H20F6N6O3S. The molecule has 224 valence electrons. The highest BCUT2D eigenvalue weighted by Gasteiger charge is 2.52. The molecule has 0 bridgehead atoms. The number of rotatable bonds is 6. The Hall–Kier alpha value is -4.34. The fraction of sp³-hybridized carbons (Fsp3) is 0.296. The number of hydrogen-bond acceptors (Lipinski definition) is 7. The molecule has 3 aromatic heterocycles. The lowest BCUT2D eigenvalue weighted by Crippen LogP contribution is -2.46. The van der Waals surface area contributed by atoms with E-state index in [9.17, 15) is 39.6 Å². The van der Waals surface area contributed by atoms with Crippen molar-refractivity contribution in [1.82, 2.24) is 29.8 Å². The average molecular weight is 623 g/mol. The number of fused-ring (bicyclic) bond motifs is 2. The normalized spacial score (nSPS) is 20.4. The van der Waals surface area contributed by atoms with E-state index < -0.39 is 61.1 Å². The summed E-state index contributed by atoms with van der Waals surface area (Å²) in [6.07, 6.45) is -0.601. The molecule has 6 rings (SSSR count). The Labute approximate surface area is 239 Å². The minimum Gasteiger partial charge on any atom is -0.291 e. The Morgan fingerprint density at radius 1 is 1.07 bits per heavy atom. The molecule has 9 nitrogen and oxygen atoms in total. The van der Waals surface area contributed by atoms with Crippen LogP contribution in [0.15, 0.2) is 65.6 Å². The summed E-state index contributed by atoms with van der Waals surface area (Å²) in [5.74, 6) is -1.28. The van der Waals surface area contributed by atoms with Crippen molar-refractivity contribution in [3.05, 3.63) is 88.9 Å². The van der Waals surface area contributed by atoms with Gasteiger partial charge in [0, 0.05) is 6.20 Å². The Bertz CT molecular complexity index is 1870. The second-order valence-electron chi connectivity index (χ2n) is 10.3. The van der Waals surface area contributed by atoms with Crippen LogP contribution in [0.5, 0.6) is 0 Å². The molecular weight excluding hydrogens is 602 g/mol. The first-order valence-corrected chi connectivity index (χ1v) is 14.4. The van der Waals surface area contributed by atoms with E-state index in [0.717, 1.165) is 12.3 Å². The van der Waals surface area contributed by atoms with Gasteiger partial charge in [-0.2, -0.15) is 32.1 Å². The Morgan fingerprint density at radius 2 is 1.81 bits per heavy atom. The first-order chi connectivity index (χ1) is 20.3. The van der Waals surface area contributed by atoms with Crippen LogP contribution in [-0.4, -0.2) is 49.2 Å². The summed E-state index contributed by atoms with van der Waals surface area (Å²) in [6, 6.07) is 6.82. The standard InChI is InChI=1S/C27H20F6N6O3S/c28-18-2-4-19(5-3-18)38-22-10-16-1-6-20(43(41,42)23-14-36-39(37-23)25(29)30)12-26(16,11-15(22)13-35-38)24(40)21-9-17(7-8-34-21)27(31,32)33/h2-5,7-10,13-14,20,25H,1,6,11-12H2/t20-,26-/m0/s1. The molecule has 0 aliphatic heterocycles. The molecule has 0 N–H and O–H groups in total. The number of carbonyl (C=O) groups is 1. The van der Waals surface area contributed by atoms with Gasteiger partial charge >= 0.3 is 12.7 Å². The molecule has 1 fully saturated rings. The quantitative estimate of drug-likeness (QED) is 0.213. The fourth-order valence-electron chi connectivity index (χ4n) is 5.75. The van der Waals surface area contributed by atoms with Crippen molar-refractivity contribution in [2.45, 2.75) is 48.7 Å². The van der Waals surface area contributed by atoms with Gasteiger partial charge in [0.15, 0.2) is 10.8 Å². The van der Waals surface area contributed by atoms with E-state index >= 15 is 0 Å². The van der Waals surface area contributed by atoms with Crippen LogP contribution in [0.1, 0.15) is 53.1 Å². The lowest BCUT2D eigenvalue weighted by Gasteiger charge is -2.43.